The van der Waals surface area contributed by atoms with Crippen LogP contribution in [0.2, 0.25) is 0 Å². The highest BCUT2D eigenvalue weighted by atomic mass is 16.2. The third kappa shape index (κ3) is 2.00. The first kappa shape index (κ1) is 13.8. The summed E-state index contributed by atoms with van der Waals surface area (Å²) >= 11 is 0. The van der Waals surface area contributed by atoms with Crippen LogP contribution in [0.5, 0.6) is 0 Å². The largest absolute Gasteiger partial charge is 0.322 e. The van der Waals surface area contributed by atoms with E-state index in [1.807, 2.05) is 12.1 Å². The van der Waals surface area contributed by atoms with Crippen molar-refractivity contribution < 1.29 is 14.4 Å². The Morgan fingerprint density at radius 1 is 1.18 bits per heavy atom. The number of nitrogens with one attached hydrogen (secondary N) is 1. The van der Waals surface area contributed by atoms with Crippen molar-refractivity contribution >= 4 is 17.7 Å². The van der Waals surface area contributed by atoms with Crippen LogP contribution in [0.15, 0.2) is 12.1 Å². The summed E-state index contributed by atoms with van der Waals surface area (Å²) in [4.78, 5) is 37.0. The van der Waals surface area contributed by atoms with Gasteiger partial charge in [0.1, 0.15) is 6.04 Å². The van der Waals surface area contributed by atoms with Crippen LogP contribution in [0.4, 0.5) is 0 Å². The van der Waals surface area contributed by atoms with Crippen molar-refractivity contribution in [1.29, 1.82) is 10.5 Å². The SMILES string of the molecule is N#Cc1cc(C#N)c2c(c1)C(=O)N(C1CCC(=O)NC1=O)C2. The molecule has 0 aliphatic carbocycles. The number of carbonyl (C=O) groups excluding carboxylic acids is 3. The fraction of sp³-hybridized carbons (Fsp3) is 0.267. The van der Waals surface area contributed by atoms with Crippen molar-refractivity contribution in [2.75, 3.05) is 0 Å². The molecule has 1 atom stereocenters. The van der Waals surface area contributed by atoms with Gasteiger partial charge in [-0.05, 0) is 18.6 Å². The summed E-state index contributed by atoms with van der Waals surface area (Å²) in [6, 6.07) is 6.03. The highest BCUT2D eigenvalue weighted by Gasteiger charge is 2.40. The smallest absolute Gasteiger partial charge is 0.255 e. The lowest BCUT2D eigenvalue weighted by atomic mass is 10.0. The van der Waals surface area contributed by atoms with Gasteiger partial charge in [0.15, 0.2) is 0 Å². The van der Waals surface area contributed by atoms with Crippen molar-refractivity contribution in [3.05, 3.63) is 34.4 Å². The number of fused-ring (bicyclic) bond motifs is 1. The van der Waals surface area contributed by atoms with Crippen LogP contribution in [0, 0.1) is 22.7 Å². The van der Waals surface area contributed by atoms with Crippen LogP contribution in [0.1, 0.15) is 39.9 Å². The Labute approximate surface area is 125 Å². The first-order valence-electron chi connectivity index (χ1n) is 6.67. The van der Waals surface area contributed by atoms with Crippen LogP contribution in [-0.4, -0.2) is 28.7 Å². The van der Waals surface area contributed by atoms with Crippen LogP contribution in [0.3, 0.4) is 0 Å². The number of piperidine rings is 1. The molecule has 1 unspecified atom stereocenters. The number of rotatable bonds is 1. The third-order valence-electron chi connectivity index (χ3n) is 3.91. The first-order chi connectivity index (χ1) is 10.5. The maximum absolute atomic E-state index is 12.5. The van der Waals surface area contributed by atoms with E-state index >= 15 is 0 Å². The van der Waals surface area contributed by atoms with Gasteiger partial charge in [-0.25, -0.2) is 0 Å². The maximum Gasteiger partial charge on any atom is 0.255 e. The van der Waals surface area contributed by atoms with E-state index < -0.39 is 17.9 Å². The van der Waals surface area contributed by atoms with Gasteiger partial charge in [0, 0.05) is 24.1 Å². The highest BCUT2D eigenvalue weighted by molar-refractivity contribution is 6.05. The van der Waals surface area contributed by atoms with E-state index in [9.17, 15) is 19.6 Å². The molecule has 0 bridgehead atoms. The topological polar surface area (TPSA) is 114 Å². The summed E-state index contributed by atoms with van der Waals surface area (Å²) in [5, 5.41) is 20.4. The standard InChI is InChI=1S/C15H10N4O3/c16-5-8-3-9(6-17)11-7-19(15(22)10(11)4-8)12-1-2-13(20)18-14(12)21/h3-4,12H,1-2,7H2,(H,18,20,21). The Bertz CT molecular complexity index is 800. The average Bonchev–Trinajstić information content (AvgIpc) is 2.83. The van der Waals surface area contributed by atoms with E-state index in [2.05, 4.69) is 5.32 Å². The Morgan fingerprint density at radius 3 is 2.59 bits per heavy atom. The monoisotopic (exact) mass is 294 g/mol. The number of imide groups is 1. The minimum absolute atomic E-state index is 0.134. The van der Waals surface area contributed by atoms with Gasteiger partial charge < -0.3 is 4.90 Å². The molecule has 1 saturated heterocycles. The van der Waals surface area contributed by atoms with Gasteiger partial charge in [0.2, 0.25) is 11.8 Å². The van der Waals surface area contributed by atoms with E-state index in [-0.39, 0.29) is 42.0 Å². The molecule has 2 heterocycles. The Morgan fingerprint density at radius 2 is 1.95 bits per heavy atom. The minimum Gasteiger partial charge on any atom is -0.322 e. The molecule has 7 heteroatoms. The third-order valence-corrected chi connectivity index (χ3v) is 3.91. The molecule has 108 valence electrons. The van der Waals surface area contributed by atoms with E-state index in [0.29, 0.717) is 5.56 Å². The number of hydrogen-bond donors (Lipinski definition) is 1. The van der Waals surface area contributed by atoms with Crippen molar-refractivity contribution in [2.24, 2.45) is 0 Å². The molecule has 3 rings (SSSR count). The Hall–Kier alpha value is -3.19. The normalized spacial score (nSPS) is 20.2. The summed E-state index contributed by atoms with van der Waals surface area (Å²) in [5.41, 5.74) is 1.29. The van der Waals surface area contributed by atoms with E-state index in [1.54, 1.807) is 0 Å². The molecular formula is C15H10N4O3. The van der Waals surface area contributed by atoms with E-state index in [4.69, 9.17) is 5.26 Å². The van der Waals surface area contributed by atoms with Gasteiger partial charge in [0.05, 0.1) is 23.3 Å². The second-order valence-electron chi connectivity index (χ2n) is 5.17. The lowest BCUT2D eigenvalue weighted by Crippen LogP contribution is -2.52. The molecule has 0 aromatic heterocycles. The lowest BCUT2D eigenvalue weighted by molar-refractivity contribution is -0.136. The second-order valence-corrected chi connectivity index (χ2v) is 5.17. The lowest BCUT2D eigenvalue weighted by Gasteiger charge is -2.29. The summed E-state index contributed by atoms with van der Waals surface area (Å²) in [5.74, 6) is -1.25. The zero-order chi connectivity index (χ0) is 15.9. The first-order valence-corrected chi connectivity index (χ1v) is 6.67. The zero-order valence-corrected chi connectivity index (χ0v) is 11.4. The van der Waals surface area contributed by atoms with Crippen LogP contribution in [0.25, 0.3) is 0 Å². The molecule has 3 amide bonds. The number of amides is 3. The molecule has 7 nitrogen and oxygen atoms in total. The summed E-state index contributed by atoms with van der Waals surface area (Å²) in [6.07, 6.45) is 0.433. The van der Waals surface area contributed by atoms with Crippen molar-refractivity contribution in [1.82, 2.24) is 10.2 Å². The van der Waals surface area contributed by atoms with Gasteiger partial charge in [-0.2, -0.15) is 10.5 Å². The molecule has 1 N–H and O–H groups in total. The number of nitrogens with zero attached hydrogens (tertiary/aromatic N) is 3. The maximum atomic E-state index is 12.5. The van der Waals surface area contributed by atoms with Gasteiger partial charge in [0.25, 0.3) is 5.91 Å². The molecular weight excluding hydrogens is 284 g/mol. The molecule has 1 aromatic rings. The number of benzene rings is 1. The Kier molecular flexibility index (Phi) is 3.11. The van der Waals surface area contributed by atoms with Crippen LogP contribution < -0.4 is 5.32 Å². The van der Waals surface area contributed by atoms with Crippen LogP contribution in [-0.2, 0) is 16.1 Å². The highest BCUT2D eigenvalue weighted by Crippen LogP contribution is 2.30. The summed E-state index contributed by atoms with van der Waals surface area (Å²) in [7, 11) is 0. The van der Waals surface area contributed by atoms with E-state index in [0.717, 1.165) is 0 Å². The average molecular weight is 294 g/mol. The van der Waals surface area contributed by atoms with Crippen LogP contribution >= 0.6 is 0 Å². The molecule has 1 fully saturated rings. The predicted molar refractivity (Wildman–Crippen MR) is 71.9 cm³/mol. The number of carbonyl (C=O) groups is 3. The molecule has 0 radical (unpaired) electrons. The zero-order valence-electron chi connectivity index (χ0n) is 11.4. The number of nitriles is 2. The minimum atomic E-state index is -0.727. The second kappa shape index (κ2) is 4.97. The molecule has 1 aromatic carbocycles. The van der Waals surface area contributed by atoms with Crippen molar-refractivity contribution in [2.45, 2.75) is 25.4 Å². The van der Waals surface area contributed by atoms with E-state index in [1.165, 1.54) is 17.0 Å². The molecule has 2 aliphatic rings. The fourth-order valence-corrected chi connectivity index (χ4v) is 2.83. The number of hydrogen-bond acceptors (Lipinski definition) is 5. The molecule has 22 heavy (non-hydrogen) atoms. The summed E-state index contributed by atoms with van der Waals surface area (Å²) < 4.78 is 0. The summed E-state index contributed by atoms with van der Waals surface area (Å²) in [6.45, 7) is 0.134. The van der Waals surface area contributed by atoms with Gasteiger partial charge >= 0.3 is 0 Å². The van der Waals surface area contributed by atoms with Gasteiger partial charge in [-0.1, -0.05) is 0 Å². The van der Waals surface area contributed by atoms with Crippen molar-refractivity contribution in [3.8, 4) is 12.1 Å². The van der Waals surface area contributed by atoms with Crippen molar-refractivity contribution in [3.63, 3.8) is 0 Å². The Balaban J connectivity index is 1.98. The quantitative estimate of drug-likeness (QED) is 0.743. The fourth-order valence-electron chi connectivity index (χ4n) is 2.83. The predicted octanol–water partition coefficient (Wildman–Crippen LogP) is 0.191. The van der Waals surface area contributed by atoms with Gasteiger partial charge in [-0.3, -0.25) is 19.7 Å². The molecule has 0 spiro atoms. The van der Waals surface area contributed by atoms with Gasteiger partial charge in [-0.15, -0.1) is 0 Å². The molecule has 0 saturated carbocycles. The molecule has 2 aliphatic heterocycles.